The van der Waals surface area contributed by atoms with Gasteiger partial charge in [-0.3, -0.25) is 0 Å². The molecule has 0 aliphatic carbocycles. The van der Waals surface area contributed by atoms with Crippen LogP contribution in [0.4, 0.5) is 0 Å². The average molecular weight is 266 g/mol. The van der Waals surface area contributed by atoms with Crippen LogP contribution in [0.15, 0.2) is 113 Å². The molecule has 0 aliphatic heterocycles. The van der Waals surface area contributed by atoms with Crippen LogP contribution in [0.1, 0.15) is 5.56 Å². The Kier molecular flexibility index (Phi) is 28.5. The van der Waals surface area contributed by atoms with Crippen molar-refractivity contribution in [2.75, 3.05) is 0 Å². The van der Waals surface area contributed by atoms with E-state index in [1.165, 1.54) is 5.56 Å². The third-order valence-corrected chi connectivity index (χ3v) is 1.54. The molecule has 0 amide bonds. The molecule has 0 unspecified atom stereocenters. The molecule has 0 heterocycles. The number of rotatable bonds is 4. The summed E-state index contributed by atoms with van der Waals surface area (Å²) in [5.41, 5.74) is 1.17. The highest BCUT2D eigenvalue weighted by Gasteiger charge is 1.75. The summed E-state index contributed by atoms with van der Waals surface area (Å²) in [5, 5.41) is 0. The fraction of sp³-hybridized carbons (Fsp3) is 0. The van der Waals surface area contributed by atoms with E-state index in [1.54, 1.807) is 36.5 Å². The first-order valence-electron chi connectivity index (χ1n) is 6.06. The van der Waals surface area contributed by atoms with Crippen molar-refractivity contribution in [3.8, 4) is 0 Å². The first kappa shape index (κ1) is 22.6. The molecule has 0 nitrogen and oxygen atoms in total. The summed E-state index contributed by atoms with van der Waals surface area (Å²) in [6.07, 6.45) is 11.7. The van der Waals surface area contributed by atoms with Gasteiger partial charge in [-0.1, -0.05) is 119 Å². The monoisotopic (exact) mass is 266 g/mol. The molecule has 0 heteroatoms. The Hall–Kier alpha value is -2.60. The number of benzene rings is 1. The number of hydrogen-bond donors (Lipinski definition) is 0. The van der Waals surface area contributed by atoms with E-state index in [0.717, 1.165) is 0 Å². The number of hydrogen-bond acceptors (Lipinski definition) is 0. The molecule has 0 saturated heterocycles. The van der Waals surface area contributed by atoms with Crippen LogP contribution in [0.25, 0.3) is 6.08 Å². The third kappa shape index (κ3) is 29.5. The van der Waals surface area contributed by atoms with E-state index in [0.29, 0.717) is 0 Å². The summed E-state index contributed by atoms with van der Waals surface area (Å²) in [7, 11) is 0. The van der Waals surface area contributed by atoms with Crippen molar-refractivity contribution in [3.05, 3.63) is 118 Å². The maximum atomic E-state index is 3.63. The predicted octanol–water partition coefficient (Wildman–Crippen LogP) is 6.40. The fourth-order valence-electron chi connectivity index (χ4n) is 0.589. The molecule has 0 saturated carbocycles. The van der Waals surface area contributed by atoms with E-state index in [9.17, 15) is 0 Å². The summed E-state index contributed by atoms with van der Waals surface area (Å²) in [6, 6.07) is 10.0. The van der Waals surface area contributed by atoms with Crippen molar-refractivity contribution in [2.24, 2.45) is 0 Å². The highest BCUT2D eigenvalue weighted by molar-refractivity contribution is 5.45. The van der Waals surface area contributed by atoms with Crippen molar-refractivity contribution < 1.29 is 0 Å². The predicted molar refractivity (Wildman–Crippen MR) is 97.7 cm³/mol. The second kappa shape index (κ2) is 25.3. The van der Waals surface area contributed by atoms with Gasteiger partial charge < -0.3 is 0 Å². The molecular weight excluding hydrogens is 240 g/mol. The lowest BCUT2D eigenvalue weighted by Crippen LogP contribution is -1.63. The second-order valence-corrected chi connectivity index (χ2v) is 3.03. The van der Waals surface area contributed by atoms with E-state index < -0.39 is 0 Å². The minimum absolute atomic E-state index is 1.17. The van der Waals surface area contributed by atoms with Crippen LogP contribution in [-0.4, -0.2) is 0 Å². The Morgan fingerprint density at radius 1 is 0.500 bits per heavy atom. The van der Waals surface area contributed by atoms with Gasteiger partial charge in [-0.15, -0.1) is 0 Å². The van der Waals surface area contributed by atoms with Gasteiger partial charge in [0.05, 0.1) is 0 Å². The van der Waals surface area contributed by atoms with Crippen molar-refractivity contribution >= 4 is 6.08 Å². The van der Waals surface area contributed by atoms with Gasteiger partial charge in [0.2, 0.25) is 0 Å². The molecule has 0 aliphatic rings. The Morgan fingerprint density at radius 3 is 0.950 bits per heavy atom. The van der Waals surface area contributed by atoms with Gasteiger partial charge in [0.15, 0.2) is 0 Å². The smallest absolute Gasteiger partial charge is 0.0263 e. The third-order valence-electron chi connectivity index (χ3n) is 1.54. The molecule has 20 heavy (non-hydrogen) atoms. The molecule has 0 aromatic heterocycles. The van der Waals surface area contributed by atoms with Crippen LogP contribution >= 0.6 is 0 Å². The lowest BCUT2D eigenvalue weighted by atomic mass is 10.2. The quantitative estimate of drug-likeness (QED) is 0.553. The van der Waals surface area contributed by atoms with Crippen LogP contribution in [0.3, 0.4) is 0 Å². The first-order chi connectivity index (χ1) is 9.67. The van der Waals surface area contributed by atoms with Crippen LogP contribution in [0.2, 0.25) is 0 Å². The molecule has 0 fully saturated rings. The lowest BCUT2D eigenvalue weighted by molar-refractivity contribution is 1.67. The molecule has 0 N–H and O–H groups in total. The van der Waals surface area contributed by atoms with E-state index in [4.69, 9.17) is 0 Å². The molecule has 106 valence electrons. The SMILES string of the molecule is C=CC=C.C=CC=C.C=CC=C.C=Cc1ccccc1. The topological polar surface area (TPSA) is 0 Å². The zero-order chi connectivity index (χ0) is 16.1. The van der Waals surface area contributed by atoms with E-state index in [-0.39, 0.29) is 0 Å². The standard InChI is InChI=1S/C8H8.3C4H6/c1-2-8-6-4-3-5-7-8;3*1-3-4-2/h2-7H,1H2;3*3-4H,1-2H2. The van der Waals surface area contributed by atoms with Crippen LogP contribution < -0.4 is 0 Å². The van der Waals surface area contributed by atoms with Crippen LogP contribution in [0.5, 0.6) is 0 Å². The Balaban J connectivity index is -0.000000209. The molecule has 1 aromatic carbocycles. The Labute approximate surface area is 125 Å². The van der Waals surface area contributed by atoms with Gasteiger partial charge in [-0.05, 0) is 5.56 Å². The van der Waals surface area contributed by atoms with Gasteiger partial charge in [-0.25, -0.2) is 0 Å². The minimum Gasteiger partial charge on any atom is -0.0991 e. The van der Waals surface area contributed by atoms with Gasteiger partial charge in [0, 0.05) is 0 Å². The molecule has 0 spiro atoms. The molecule has 0 radical (unpaired) electrons. The molecule has 0 atom stereocenters. The first-order valence-corrected chi connectivity index (χ1v) is 6.06. The van der Waals surface area contributed by atoms with Crippen molar-refractivity contribution in [1.82, 2.24) is 0 Å². The van der Waals surface area contributed by atoms with Gasteiger partial charge >= 0.3 is 0 Å². The zero-order valence-corrected chi connectivity index (χ0v) is 12.4. The van der Waals surface area contributed by atoms with Crippen molar-refractivity contribution in [2.45, 2.75) is 0 Å². The highest BCUT2D eigenvalue weighted by Crippen LogP contribution is 1.97. The average Bonchev–Trinajstić information content (AvgIpc) is 2.56. The summed E-state index contributed by atoms with van der Waals surface area (Å²) in [5.74, 6) is 0. The molecular formula is C20H26. The van der Waals surface area contributed by atoms with E-state index in [1.807, 2.05) is 36.4 Å². The summed E-state index contributed by atoms with van der Waals surface area (Å²) >= 11 is 0. The van der Waals surface area contributed by atoms with Crippen LogP contribution in [-0.2, 0) is 0 Å². The maximum absolute atomic E-state index is 3.63. The molecule has 1 rings (SSSR count). The van der Waals surface area contributed by atoms with Crippen molar-refractivity contribution in [3.63, 3.8) is 0 Å². The Bertz CT molecular complexity index is 333. The summed E-state index contributed by atoms with van der Waals surface area (Å²) < 4.78 is 0. The lowest BCUT2D eigenvalue weighted by Gasteiger charge is -1.85. The van der Waals surface area contributed by atoms with Gasteiger partial charge in [0.25, 0.3) is 0 Å². The normalized spacial score (nSPS) is 6.40. The van der Waals surface area contributed by atoms with E-state index in [2.05, 4.69) is 46.1 Å². The molecule has 1 aromatic rings. The zero-order valence-electron chi connectivity index (χ0n) is 12.4. The highest BCUT2D eigenvalue weighted by atomic mass is 13.8. The van der Waals surface area contributed by atoms with E-state index >= 15 is 0 Å². The maximum Gasteiger partial charge on any atom is -0.0263 e. The number of allylic oxidation sites excluding steroid dienone is 6. The Morgan fingerprint density at radius 2 is 0.800 bits per heavy atom. The van der Waals surface area contributed by atoms with Crippen LogP contribution in [0, 0.1) is 0 Å². The molecule has 0 bridgehead atoms. The fourth-order valence-corrected chi connectivity index (χ4v) is 0.589. The van der Waals surface area contributed by atoms with Gasteiger partial charge in [0.1, 0.15) is 0 Å². The summed E-state index contributed by atoms with van der Waals surface area (Å²) in [6.45, 7) is 23.8. The minimum atomic E-state index is 1.17. The summed E-state index contributed by atoms with van der Waals surface area (Å²) in [4.78, 5) is 0. The van der Waals surface area contributed by atoms with Crippen molar-refractivity contribution in [1.29, 1.82) is 0 Å². The second-order valence-electron chi connectivity index (χ2n) is 3.03. The largest absolute Gasteiger partial charge is 0.0991 e. The van der Waals surface area contributed by atoms with Gasteiger partial charge in [-0.2, -0.15) is 0 Å².